The van der Waals surface area contributed by atoms with Gasteiger partial charge in [0.1, 0.15) is 17.5 Å². The second-order valence-electron chi connectivity index (χ2n) is 7.34. The van der Waals surface area contributed by atoms with Gasteiger partial charge in [-0.1, -0.05) is 12.1 Å². The van der Waals surface area contributed by atoms with Gasteiger partial charge in [0.25, 0.3) is 0 Å². The second-order valence-corrected chi connectivity index (χ2v) is 7.34. The summed E-state index contributed by atoms with van der Waals surface area (Å²) in [6, 6.07) is 10.9. The summed E-state index contributed by atoms with van der Waals surface area (Å²) in [5.74, 6) is -1.52. The highest BCUT2D eigenvalue weighted by Gasteiger charge is 2.17. The monoisotopic (exact) mass is 471 g/mol. The number of H-pyrrole nitrogens is 1. The van der Waals surface area contributed by atoms with Crippen LogP contribution in [-0.4, -0.2) is 58.7 Å². The number of carbonyl (C=O) groups is 3. The number of carbonyl (C=O) groups excluding carboxylic acids is 2. The predicted molar refractivity (Wildman–Crippen MR) is 126 cm³/mol. The number of amides is 2. The van der Waals surface area contributed by atoms with Crippen molar-refractivity contribution in [1.29, 1.82) is 0 Å². The fourth-order valence-electron chi connectivity index (χ4n) is 3.11. The lowest BCUT2D eigenvalue weighted by Crippen LogP contribution is -2.47. The van der Waals surface area contributed by atoms with Crippen molar-refractivity contribution in [1.82, 2.24) is 10.3 Å². The minimum Gasteiger partial charge on any atom is -0.508 e. The van der Waals surface area contributed by atoms with Crippen molar-refractivity contribution < 1.29 is 29.3 Å². The first kappa shape index (κ1) is 26.2. The maximum Gasteiger partial charge on any atom is 0.341 e. The fraction of sp³-hybridized carbons (Fsp3) is 0.261. The number of carboxylic acid groups (broad SMARTS) is 1. The molecule has 2 aromatic carbocycles. The van der Waals surface area contributed by atoms with Crippen molar-refractivity contribution in [2.75, 3.05) is 19.7 Å². The first-order valence-electron chi connectivity index (χ1n) is 10.4. The molecule has 0 bridgehead atoms. The van der Waals surface area contributed by atoms with Crippen LogP contribution in [0, 0.1) is 0 Å². The van der Waals surface area contributed by atoms with Gasteiger partial charge in [0.2, 0.25) is 11.8 Å². The maximum atomic E-state index is 11.3. The Morgan fingerprint density at radius 1 is 1.09 bits per heavy atom. The van der Waals surface area contributed by atoms with Gasteiger partial charge in [-0.2, -0.15) is 0 Å². The zero-order valence-corrected chi connectivity index (χ0v) is 18.5. The molecular formula is C23H29N5O6. The number of phenols is 1. The van der Waals surface area contributed by atoms with E-state index >= 15 is 0 Å². The fourth-order valence-corrected chi connectivity index (χ4v) is 3.11. The number of ether oxygens (including phenoxy) is 1. The smallest absolute Gasteiger partial charge is 0.341 e. The lowest BCUT2D eigenvalue weighted by Gasteiger charge is -2.15. The molecule has 0 saturated carbocycles. The van der Waals surface area contributed by atoms with Gasteiger partial charge >= 0.3 is 5.97 Å². The Hall–Kier alpha value is -4.09. The summed E-state index contributed by atoms with van der Waals surface area (Å²) in [6.07, 6.45) is 2.99. The SMILES string of the molecule is NCC(=O)N[C@@H](Cc1ccc(OCC(=O)O)cc1)C(N)=O.NCCc1c[nH]c2ccc(O)cc12. The molecule has 0 aliphatic heterocycles. The quantitative estimate of drug-likeness (QED) is 0.213. The number of aromatic amines is 1. The summed E-state index contributed by atoms with van der Waals surface area (Å²) in [5, 5.41) is 21.3. The Labute approximate surface area is 195 Å². The first-order valence-corrected chi connectivity index (χ1v) is 10.4. The zero-order valence-electron chi connectivity index (χ0n) is 18.5. The van der Waals surface area contributed by atoms with E-state index in [0.29, 0.717) is 18.0 Å². The largest absolute Gasteiger partial charge is 0.508 e. The number of phenolic OH excluding ortho intramolecular Hbond substituents is 1. The molecule has 0 radical (unpaired) electrons. The van der Waals surface area contributed by atoms with Gasteiger partial charge in [-0.15, -0.1) is 0 Å². The standard InChI is InChI=1S/C13H17N3O5.C10H12N2O/c14-6-11(17)16-10(13(15)20)5-8-1-3-9(4-2-8)21-7-12(18)19;11-4-3-7-6-12-10-2-1-8(13)5-9(7)10/h1-4,10H,5-7,14H2,(H2,15,20)(H,16,17)(H,18,19);1-2,5-6,12-13H,3-4,11H2/t10-;/m0./s1. The van der Waals surface area contributed by atoms with Gasteiger partial charge in [-0.25, -0.2) is 4.79 Å². The molecule has 3 aromatic rings. The molecule has 0 spiro atoms. The van der Waals surface area contributed by atoms with Crippen LogP contribution in [0.15, 0.2) is 48.7 Å². The zero-order chi connectivity index (χ0) is 25.1. The van der Waals surface area contributed by atoms with E-state index in [0.717, 1.165) is 28.5 Å². The number of nitrogens with one attached hydrogen (secondary N) is 2. The summed E-state index contributed by atoms with van der Waals surface area (Å²) >= 11 is 0. The summed E-state index contributed by atoms with van der Waals surface area (Å²) < 4.78 is 4.98. The van der Waals surface area contributed by atoms with Gasteiger partial charge in [0, 0.05) is 23.5 Å². The third-order valence-electron chi connectivity index (χ3n) is 4.75. The minimum atomic E-state index is -1.07. The molecule has 0 aliphatic rings. The van der Waals surface area contributed by atoms with Crippen molar-refractivity contribution in [3.63, 3.8) is 0 Å². The Bertz CT molecular complexity index is 1110. The van der Waals surface area contributed by atoms with E-state index in [9.17, 15) is 19.5 Å². The van der Waals surface area contributed by atoms with Gasteiger partial charge in [0.15, 0.2) is 6.61 Å². The Balaban J connectivity index is 0.000000266. The van der Waals surface area contributed by atoms with Crippen LogP contribution < -0.4 is 27.3 Å². The number of aromatic hydroxyl groups is 1. The van der Waals surface area contributed by atoms with Crippen LogP contribution >= 0.6 is 0 Å². The van der Waals surface area contributed by atoms with Crippen LogP contribution in [0.5, 0.6) is 11.5 Å². The van der Waals surface area contributed by atoms with Gasteiger partial charge < -0.3 is 42.5 Å². The highest BCUT2D eigenvalue weighted by atomic mass is 16.5. The van der Waals surface area contributed by atoms with Crippen LogP contribution in [0.1, 0.15) is 11.1 Å². The summed E-state index contributed by atoms with van der Waals surface area (Å²) in [7, 11) is 0. The molecule has 0 saturated heterocycles. The topological polar surface area (TPSA) is 207 Å². The maximum absolute atomic E-state index is 11.3. The van der Waals surface area contributed by atoms with Crippen LogP contribution in [0.25, 0.3) is 10.9 Å². The number of rotatable bonds is 10. The molecule has 1 aromatic heterocycles. The van der Waals surface area contributed by atoms with E-state index in [2.05, 4.69) is 10.3 Å². The Morgan fingerprint density at radius 2 is 1.79 bits per heavy atom. The second kappa shape index (κ2) is 12.8. The van der Waals surface area contributed by atoms with E-state index in [-0.39, 0.29) is 13.0 Å². The molecule has 1 atom stereocenters. The Kier molecular flexibility index (Phi) is 9.87. The number of carboxylic acids is 1. The lowest BCUT2D eigenvalue weighted by atomic mass is 10.1. The van der Waals surface area contributed by atoms with Crippen molar-refractivity contribution in [3.8, 4) is 11.5 Å². The van der Waals surface area contributed by atoms with E-state index in [4.69, 9.17) is 27.0 Å². The highest BCUT2D eigenvalue weighted by molar-refractivity contribution is 5.87. The molecule has 1 heterocycles. The lowest BCUT2D eigenvalue weighted by molar-refractivity contribution is -0.139. The number of hydrogen-bond acceptors (Lipinski definition) is 7. The van der Waals surface area contributed by atoms with E-state index in [1.165, 1.54) is 0 Å². The molecule has 10 N–H and O–H groups in total. The van der Waals surface area contributed by atoms with Gasteiger partial charge in [-0.3, -0.25) is 9.59 Å². The highest BCUT2D eigenvalue weighted by Crippen LogP contribution is 2.22. The molecule has 0 fully saturated rings. The summed E-state index contributed by atoms with van der Waals surface area (Å²) in [5.41, 5.74) is 18.8. The third kappa shape index (κ3) is 8.11. The number of fused-ring (bicyclic) bond motifs is 1. The summed E-state index contributed by atoms with van der Waals surface area (Å²) in [6.45, 7) is -0.0375. The third-order valence-corrected chi connectivity index (χ3v) is 4.75. The number of aliphatic carboxylic acids is 1. The first-order chi connectivity index (χ1) is 16.2. The van der Waals surface area contributed by atoms with E-state index in [1.807, 2.05) is 12.3 Å². The van der Waals surface area contributed by atoms with Crippen molar-refractivity contribution in [3.05, 3.63) is 59.8 Å². The number of primary amides is 1. The van der Waals surface area contributed by atoms with E-state index in [1.54, 1.807) is 36.4 Å². The van der Waals surface area contributed by atoms with Gasteiger partial charge in [0.05, 0.1) is 6.54 Å². The molecule has 0 aliphatic carbocycles. The Morgan fingerprint density at radius 3 is 2.38 bits per heavy atom. The molecule has 3 rings (SSSR count). The number of aromatic nitrogens is 1. The van der Waals surface area contributed by atoms with Crippen LogP contribution in [0.3, 0.4) is 0 Å². The number of nitrogens with two attached hydrogens (primary N) is 3. The van der Waals surface area contributed by atoms with Gasteiger partial charge in [-0.05, 0) is 54.4 Å². The van der Waals surface area contributed by atoms with Crippen LogP contribution in [0.4, 0.5) is 0 Å². The molecule has 11 heteroatoms. The predicted octanol–water partition coefficient (Wildman–Crippen LogP) is -0.00400. The summed E-state index contributed by atoms with van der Waals surface area (Å²) in [4.78, 5) is 36.0. The minimum absolute atomic E-state index is 0.209. The number of hydrogen-bond donors (Lipinski definition) is 7. The normalized spacial score (nSPS) is 11.2. The van der Waals surface area contributed by atoms with Crippen LogP contribution in [-0.2, 0) is 27.2 Å². The molecule has 182 valence electrons. The average Bonchev–Trinajstić information content (AvgIpc) is 3.20. The average molecular weight is 472 g/mol. The van der Waals surface area contributed by atoms with Crippen molar-refractivity contribution >= 4 is 28.7 Å². The molecule has 11 nitrogen and oxygen atoms in total. The molecule has 0 unspecified atom stereocenters. The van der Waals surface area contributed by atoms with Crippen molar-refractivity contribution in [2.45, 2.75) is 18.9 Å². The molecule has 2 amide bonds. The molecular weight excluding hydrogens is 442 g/mol. The van der Waals surface area contributed by atoms with Crippen molar-refractivity contribution in [2.24, 2.45) is 17.2 Å². The van der Waals surface area contributed by atoms with Crippen LogP contribution in [0.2, 0.25) is 0 Å². The number of benzene rings is 2. The molecule has 34 heavy (non-hydrogen) atoms. The van der Waals surface area contributed by atoms with E-state index < -0.39 is 30.4 Å².